The molecule has 3 rings (SSSR count). The molecule has 0 aliphatic heterocycles. The average molecular weight is 454 g/mol. The van der Waals surface area contributed by atoms with Gasteiger partial charge in [0.25, 0.3) is 0 Å². The van der Waals surface area contributed by atoms with E-state index in [4.69, 9.17) is 14.2 Å². The van der Waals surface area contributed by atoms with Gasteiger partial charge < -0.3 is 30.4 Å². The maximum absolute atomic E-state index is 12.0. The molecule has 0 saturated carbocycles. The number of nitrogens with one attached hydrogen (secondary N) is 3. The lowest BCUT2D eigenvalue weighted by Crippen LogP contribution is -2.27. The minimum atomic E-state index is -0.146. The van der Waals surface area contributed by atoms with Gasteiger partial charge in [0.05, 0.1) is 33.1 Å². The molecule has 0 unspecified atom stereocenters. The standard InChI is InChI=1S/C26H35N3O4/c1-15(2)12-16(3)28-29-19-9-10-20-21(14-19)22(27-17(4)30)11-8-18-13-23(31-5)25(32-6)26(33-7)24(18)20/h9-10,13-15,22,28-29H,3,8,11-12H2,1-2,4-7H3,(H,27,30)/t22-/m0/s1. The summed E-state index contributed by atoms with van der Waals surface area (Å²) in [5, 5.41) is 3.12. The van der Waals surface area contributed by atoms with E-state index in [-0.39, 0.29) is 11.9 Å². The number of hydrogen-bond acceptors (Lipinski definition) is 6. The van der Waals surface area contributed by atoms with Crippen molar-refractivity contribution in [2.24, 2.45) is 5.92 Å². The van der Waals surface area contributed by atoms with E-state index in [1.165, 1.54) is 0 Å². The molecule has 33 heavy (non-hydrogen) atoms. The van der Waals surface area contributed by atoms with Gasteiger partial charge in [-0.05, 0) is 60.1 Å². The maximum atomic E-state index is 12.0. The Labute approximate surface area is 196 Å². The fourth-order valence-electron chi connectivity index (χ4n) is 4.41. The quantitative estimate of drug-likeness (QED) is 0.465. The summed E-state index contributed by atoms with van der Waals surface area (Å²) in [6.45, 7) is 9.94. The van der Waals surface area contributed by atoms with Gasteiger partial charge in [-0.1, -0.05) is 26.5 Å². The number of ether oxygens (including phenoxy) is 3. The molecule has 0 fully saturated rings. The lowest BCUT2D eigenvalue weighted by atomic mass is 9.93. The first-order chi connectivity index (χ1) is 15.8. The lowest BCUT2D eigenvalue weighted by molar-refractivity contribution is -0.119. The van der Waals surface area contributed by atoms with Crippen molar-refractivity contribution in [2.45, 2.75) is 46.1 Å². The second-order valence-electron chi connectivity index (χ2n) is 8.72. The van der Waals surface area contributed by atoms with Gasteiger partial charge in [-0.15, -0.1) is 0 Å². The molecule has 1 atom stereocenters. The number of hydrazine groups is 1. The molecule has 2 aromatic rings. The molecule has 178 valence electrons. The SMILES string of the molecule is C=C(CC(C)C)NNc1ccc2c(c1)[C@@H](NC(C)=O)CCc1cc(OC)c(OC)c(OC)c1-2. The Balaban J connectivity index is 2.10. The Bertz CT molecular complexity index is 1030. The molecule has 0 heterocycles. The van der Waals surface area contributed by atoms with Crippen molar-refractivity contribution >= 4 is 11.6 Å². The molecule has 0 aromatic heterocycles. The second-order valence-corrected chi connectivity index (χ2v) is 8.72. The Hall–Kier alpha value is -3.35. The van der Waals surface area contributed by atoms with Crippen molar-refractivity contribution in [1.82, 2.24) is 10.7 Å². The van der Waals surface area contributed by atoms with Gasteiger partial charge in [0.2, 0.25) is 11.7 Å². The minimum absolute atomic E-state index is 0.0687. The van der Waals surface area contributed by atoms with Crippen LogP contribution < -0.4 is 30.4 Å². The Kier molecular flexibility index (Phi) is 7.74. The highest BCUT2D eigenvalue weighted by Gasteiger charge is 2.29. The highest BCUT2D eigenvalue weighted by atomic mass is 16.5. The van der Waals surface area contributed by atoms with Crippen LogP contribution in [0.5, 0.6) is 17.2 Å². The third-order valence-electron chi connectivity index (χ3n) is 5.73. The van der Waals surface area contributed by atoms with Crippen LogP contribution in [0.15, 0.2) is 36.5 Å². The van der Waals surface area contributed by atoms with E-state index in [0.717, 1.165) is 52.9 Å². The van der Waals surface area contributed by atoms with E-state index in [2.05, 4.69) is 48.7 Å². The van der Waals surface area contributed by atoms with Crippen LogP contribution in [-0.2, 0) is 11.2 Å². The summed E-state index contributed by atoms with van der Waals surface area (Å²) in [4.78, 5) is 12.0. The number of allylic oxidation sites excluding steroid dienone is 1. The topological polar surface area (TPSA) is 80.9 Å². The first-order valence-corrected chi connectivity index (χ1v) is 11.2. The number of hydrogen-bond donors (Lipinski definition) is 3. The molecule has 3 N–H and O–H groups in total. The Morgan fingerprint density at radius 3 is 2.45 bits per heavy atom. The summed E-state index contributed by atoms with van der Waals surface area (Å²) in [7, 11) is 4.85. The number of carbonyl (C=O) groups is 1. The van der Waals surface area contributed by atoms with E-state index in [1.54, 1.807) is 28.3 Å². The monoisotopic (exact) mass is 453 g/mol. The van der Waals surface area contributed by atoms with Gasteiger partial charge >= 0.3 is 0 Å². The van der Waals surface area contributed by atoms with Crippen LogP contribution in [0.1, 0.15) is 50.8 Å². The van der Waals surface area contributed by atoms with Crippen molar-refractivity contribution in [3.63, 3.8) is 0 Å². The predicted molar refractivity (Wildman–Crippen MR) is 132 cm³/mol. The van der Waals surface area contributed by atoms with Crippen LogP contribution in [0.25, 0.3) is 11.1 Å². The zero-order valence-electron chi connectivity index (χ0n) is 20.4. The molecule has 1 amide bonds. The number of carbonyl (C=O) groups excluding carboxylic acids is 1. The zero-order valence-corrected chi connectivity index (χ0v) is 20.4. The zero-order chi connectivity index (χ0) is 24.1. The minimum Gasteiger partial charge on any atom is -0.493 e. The van der Waals surface area contributed by atoms with E-state index in [0.29, 0.717) is 23.2 Å². The molecular weight excluding hydrogens is 418 g/mol. The van der Waals surface area contributed by atoms with Crippen LogP contribution in [0.4, 0.5) is 5.69 Å². The number of rotatable bonds is 9. The van der Waals surface area contributed by atoms with Gasteiger partial charge in [-0.25, -0.2) is 0 Å². The predicted octanol–water partition coefficient (Wildman–Crippen LogP) is 4.98. The number of benzene rings is 2. The van der Waals surface area contributed by atoms with E-state index in [1.807, 2.05) is 12.1 Å². The van der Waals surface area contributed by atoms with Gasteiger partial charge in [-0.2, -0.15) is 0 Å². The summed E-state index contributed by atoms with van der Waals surface area (Å²) < 4.78 is 17.0. The molecule has 0 bridgehead atoms. The van der Waals surface area contributed by atoms with E-state index in [9.17, 15) is 4.79 Å². The Morgan fingerprint density at radius 1 is 1.12 bits per heavy atom. The van der Waals surface area contributed by atoms with Crippen LogP contribution in [0.2, 0.25) is 0 Å². The summed E-state index contributed by atoms with van der Waals surface area (Å²) in [5.74, 6) is 2.25. The fraction of sp³-hybridized carbons (Fsp3) is 0.423. The Morgan fingerprint density at radius 2 is 1.85 bits per heavy atom. The molecular formula is C26H35N3O4. The highest BCUT2D eigenvalue weighted by Crippen LogP contribution is 2.50. The fourth-order valence-corrected chi connectivity index (χ4v) is 4.41. The van der Waals surface area contributed by atoms with Crippen molar-refractivity contribution in [3.05, 3.63) is 47.7 Å². The lowest BCUT2D eigenvalue weighted by Gasteiger charge is -2.22. The molecule has 7 nitrogen and oxygen atoms in total. The molecule has 1 aliphatic rings. The van der Waals surface area contributed by atoms with Crippen LogP contribution in [-0.4, -0.2) is 27.2 Å². The van der Waals surface area contributed by atoms with Gasteiger partial charge in [-0.3, -0.25) is 4.79 Å². The third kappa shape index (κ3) is 5.35. The molecule has 1 aliphatic carbocycles. The first-order valence-electron chi connectivity index (χ1n) is 11.2. The van der Waals surface area contributed by atoms with Crippen LogP contribution >= 0.6 is 0 Å². The summed E-state index contributed by atoms with van der Waals surface area (Å²) in [6.07, 6.45) is 2.37. The number of aryl methyl sites for hydroxylation is 1. The van der Waals surface area contributed by atoms with Crippen LogP contribution in [0, 0.1) is 5.92 Å². The number of methoxy groups -OCH3 is 3. The summed E-state index contributed by atoms with van der Waals surface area (Å²) in [6, 6.07) is 7.98. The van der Waals surface area contributed by atoms with Gasteiger partial charge in [0.15, 0.2) is 11.5 Å². The van der Waals surface area contributed by atoms with Gasteiger partial charge in [0, 0.05) is 18.2 Å². The highest BCUT2D eigenvalue weighted by molar-refractivity contribution is 5.84. The summed E-state index contributed by atoms with van der Waals surface area (Å²) >= 11 is 0. The van der Waals surface area contributed by atoms with Crippen molar-refractivity contribution in [2.75, 3.05) is 26.8 Å². The smallest absolute Gasteiger partial charge is 0.217 e. The third-order valence-corrected chi connectivity index (χ3v) is 5.73. The second kappa shape index (κ2) is 10.5. The molecule has 0 radical (unpaired) electrons. The number of amides is 1. The van der Waals surface area contributed by atoms with Gasteiger partial charge in [0.1, 0.15) is 0 Å². The first kappa shape index (κ1) is 24.3. The van der Waals surface area contributed by atoms with Crippen molar-refractivity contribution in [1.29, 1.82) is 0 Å². The molecule has 0 saturated heterocycles. The largest absolute Gasteiger partial charge is 0.493 e. The van der Waals surface area contributed by atoms with E-state index >= 15 is 0 Å². The van der Waals surface area contributed by atoms with Crippen molar-refractivity contribution < 1.29 is 19.0 Å². The van der Waals surface area contributed by atoms with E-state index < -0.39 is 0 Å². The normalized spacial score (nSPS) is 14.5. The molecule has 7 heteroatoms. The molecule has 0 spiro atoms. The van der Waals surface area contributed by atoms with Crippen molar-refractivity contribution in [3.8, 4) is 28.4 Å². The maximum Gasteiger partial charge on any atom is 0.217 e. The summed E-state index contributed by atoms with van der Waals surface area (Å²) in [5.41, 5.74) is 12.3. The van der Waals surface area contributed by atoms with Crippen LogP contribution in [0.3, 0.4) is 0 Å². The average Bonchev–Trinajstić information content (AvgIpc) is 2.92. The number of fused-ring (bicyclic) bond motifs is 3. The molecule has 2 aromatic carbocycles. The number of anilines is 1.